The second-order valence-corrected chi connectivity index (χ2v) is 5.15. The summed E-state index contributed by atoms with van der Waals surface area (Å²) in [5.41, 5.74) is 1.90. The van der Waals surface area contributed by atoms with Gasteiger partial charge < -0.3 is 14.0 Å². The molecule has 7 heteroatoms. The van der Waals surface area contributed by atoms with Crippen molar-refractivity contribution in [2.75, 3.05) is 7.11 Å². The van der Waals surface area contributed by atoms with Gasteiger partial charge in [0.1, 0.15) is 0 Å². The number of methoxy groups -OCH3 is 1. The van der Waals surface area contributed by atoms with E-state index in [1.165, 1.54) is 12.3 Å². The molecule has 124 valence electrons. The van der Waals surface area contributed by atoms with Gasteiger partial charge in [0.2, 0.25) is 5.76 Å². The minimum atomic E-state index is -0.667. The number of amidine groups is 1. The zero-order chi connectivity index (χ0) is 16.9. The Morgan fingerprint density at radius 3 is 2.75 bits per heavy atom. The van der Waals surface area contributed by atoms with Crippen molar-refractivity contribution in [1.29, 1.82) is 0 Å². The molecule has 0 N–H and O–H groups in total. The van der Waals surface area contributed by atoms with E-state index in [0.29, 0.717) is 12.3 Å². The average Bonchev–Trinajstić information content (AvgIpc) is 3.29. The SMILES string of the molecule is COC1CC(c2ccccc2)=NN1/C(C)=N\OC(=O)c1ccco1. The standard InChI is InChI=1S/C17H17N3O4/c1-12(19-24-17(21)15-9-6-10-23-15)20-16(22-2)11-14(18-20)13-7-4-3-5-8-13/h3-10,16H,11H2,1-2H3/b19-12-. The first-order valence-corrected chi connectivity index (χ1v) is 7.43. The van der Waals surface area contributed by atoms with E-state index in [4.69, 9.17) is 14.0 Å². The summed E-state index contributed by atoms with van der Waals surface area (Å²) in [6, 6.07) is 12.9. The maximum atomic E-state index is 11.8. The summed E-state index contributed by atoms with van der Waals surface area (Å²) in [5.74, 6) is -0.169. The number of oxime groups is 1. The molecule has 24 heavy (non-hydrogen) atoms. The van der Waals surface area contributed by atoms with E-state index in [9.17, 15) is 4.79 Å². The molecule has 1 atom stereocenters. The Balaban J connectivity index is 1.74. The van der Waals surface area contributed by atoms with Gasteiger partial charge in [0.25, 0.3) is 0 Å². The number of rotatable bonds is 4. The summed E-state index contributed by atoms with van der Waals surface area (Å²) in [6.07, 6.45) is 1.70. The predicted molar refractivity (Wildman–Crippen MR) is 87.5 cm³/mol. The zero-order valence-corrected chi connectivity index (χ0v) is 13.4. The van der Waals surface area contributed by atoms with Gasteiger partial charge in [-0.05, 0) is 24.6 Å². The average molecular weight is 327 g/mol. The van der Waals surface area contributed by atoms with Crippen LogP contribution in [0.5, 0.6) is 0 Å². The van der Waals surface area contributed by atoms with Crippen LogP contribution in [0, 0.1) is 0 Å². The smallest absolute Gasteiger partial charge is 0.400 e. The Kier molecular flexibility index (Phi) is 4.72. The molecular weight excluding hydrogens is 310 g/mol. The van der Waals surface area contributed by atoms with Gasteiger partial charge in [0.05, 0.1) is 12.0 Å². The molecule has 0 radical (unpaired) electrons. The topological polar surface area (TPSA) is 76.6 Å². The van der Waals surface area contributed by atoms with E-state index in [-0.39, 0.29) is 12.0 Å². The van der Waals surface area contributed by atoms with Gasteiger partial charge in [-0.25, -0.2) is 9.80 Å². The van der Waals surface area contributed by atoms with Gasteiger partial charge in [-0.15, -0.1) is 0 Å². The lowest BCUT2D eigenvalue weighted by molar-refractivity contribution is 0.0207. The van der Waals surface area contributed by atoms with Gasteiger partial charge in [-0.2, -0.15) is 5.10 Å². The summed E-state index contributed by atoms with van der Waals surface area (Å²) < 4.78 is 10.4. The Morgan fingerprint density at radius 1 is 1.29 bits per heavy atom. The van der Waals surface area contributed by atoms with E-state index in [2.05, 4.69) is 10.3 Å². The molecule has 2 aromatic rings. The number of furan rings is 1. The predicted octanol–water partition coefficient (Wildman–Crippen LogP) is 2.85. The molecule has 7 nitrogen and oxygen atoms in total. The number of carbonyl (C=O) groups is 1. The molecule has 0 saturated heterocycles. The summed E-state index contributed by atoms with van der Waals surface area (Å²) in [7, 11) is 1.60. The minimum Gasteiger partial charge on any atom is -0.457 e. The molecular formula is C17H17N3O4. The van der Waals surface area contributed by atoms with Crippen LogP contribution in [0.1, 0.15) is 29.5 Å². The van der Waals surface area contributed by atoms with Crippen LogP contribution in [-0.4, -0.2) is 35.9 Å². The monoisotopic (exact) mass is 327 g/mol. The van der Waals surface area contributed by atoms with Gasteiger partial charge in [0.15, 0.2) is 12.1 Å². The highest BCUT2D eigenvalue weighted by atomic mass is 16.7. The number of nitrogens with zero attached hydrogens (tertiary/aromatic N) is 3. The fraction of sp³-hybridized carbons (Fsp3) is 0.235. The van der Waals surface area contributed by atoms with Crippen LogP contribution in [0.4, 0.5) is 0 Å². The van der Waals surface area contributed by atoms with Crippen LogP contribution in [0.25, 0.3) is 0 Å². The van der Waals surface area contributed by atoms with Crippen molar-refractivity contribution in [3.63, 3.8) is 0 Å². The molecule has 0 amide bonds. The zero-order valence-electron chi connectivity index (χ0n) is 13.4. The molecule has 0 bridgehead atoms. The van der Waals surface area contributed by atoms with Crippen molar-refractivity contribution >= 4 is 17.5 Å². The Hall–Kier alpha value is -2.93. The van der Waals surface area contributed by atoms with Crippen molar-refractivity contribution in [1.82, 2.24) is 5.01 Å². The number of ether oxygens (including phenoxy) is 1. The summed E-state index contributed by atoms with van der Waals surface area (Å²) >= 11 is 0. The first-order valence-electron chi connectivity index (χ1n) is 7.43. The lowest BCUT2D eigenvalue weighted by Gasteiger charge is -2.20. The highest BCUT2D eigenvalue weighted by Crippen LogP contribution is 2.21. The molecule has 1 aromatic carbocycles. The number of hydrogen-bond donors (Lipinski definition) is 0. The van der Waals surface area contributed by atoms with E-state index < -0.39 is 5.97 Å². The number of hydrogen-bond acceptors (Lipinski definition) is 6. The Labute approximate surface area is 139 Å². The summed E-state index contributed by atoms with van der Waals surface area (Å²) in [5, 5.41) is 9.96. The Bertz CT molecular complexity index is 753. The highest BCUT2D eigenvalue weighted by Gasteiger charge is 2.29. The van der Waals surface area contributed by atoms with Crippen molar-refractivity contribution in [3.8, 4) is 0 Å². The highest BCUT2D eigenvalue weighted by molar-refractivity contribution is 6.03. The maximum Gasteiger partial charge on any atom is 0.400 e. The first kappa shape index (κ1) is 15.9. The molecule has 3 rings (SSSR count). The second-order valence-electron chi connectivity index (χ2n) is 5.15. The second kappa shape index (κ2) is 7.10. The number of hydrazone groups is 1. The van der Waals surface area contributed by atoms with E-state index in [1.54, 1.807) is 25.1 Å². The number of carbonyl (C=O) groups excluding carboxylic acids is 1. The summed E-state index contributed by atoms with van der Waals surface area (Å²) in [6.45, 7) is 1.69. The van der Waals surface area contributed by atoms with E-state index in [1.807, 2.05) is 30.3 Å². The van der Waals surface area contributed by atoms with Crippen LogP contribution in [0.3, 0.4) is 0 Å². The third-order valence-electron chi connectivity index (χ3n) is 3.56. The molecule has 0 saturated carbocycles. The van der Waals surface area contributed by atoms with Crippen LogP contribution in [0.15, 0.2) is 63.4 Å². The normalized spacial score (nSPS) is 17.8. The molecule has 1 aliphatic heterocycles. The molecule has 0 aliphatic carbocycles. The van der Waals surface area contributed by atoms with Crippen molar-refractivity contribution < 1.29 is 18.8 Å². The quantitative estimate of drug-likeness (QED) is 0.373. The van der Waals surface area contributed by atoms with E-state index >= 15 is 0 Å². The lowest BCUT2D eigenvalue weighted by Crippen LogP contribution is -2.32. The molecule has 1 aliphatic rings. The lowest BCUT2D eigenvalue weighted by atomic mass is 10.1. The van der Waals surface area contributed by atoms with Crippen molar-refractivity contribution in [2.24, 2.45) is 10.3 Å². The van der Waals surface area contributed by atoms with Gasteiger partial charge in [0, 0.05) is 13.5 Å². The van der Waals surface area contributed by atoms with E-state index in [0.717, 1.165) is 11.3 Å². The first-order chi connectivity index (χ1) is 11.7. The molecule has 1 aromatic heterocycles. The third kappa shape index (κ3) is 3.36. The van der Waals surface area contributed by atoms with Gasteiger partial charge in [-0.1, -0.05) is 35.5 Å². The Morgan fingerprint density at radius 2 is 2.08 bits per heavy atom. The van der Waals surface area contributed by atoms with Gasteiger partial charge >= 0.3 is 5.97 Å². The van der Waals surface area contributed by atoms with Crippen LogP contribution >= 0.6 is 0 Å². The molecule has 2 heterocycles. The number of benzene rings is 1. The van der Waals surface area contributed by atoms with Crippen molar-refractivity contribution in [3.05, 3.63) is 60.1 Å². The molecule has 1 unspecified atom stereocenters. The molecule has 0 spiro atoms. The van der Waals surface area contributed by atoms with Crippen LogP contribution in [0.2, 0.25) is 0 Å². The van der Waals surface area contributed by atoms with Crippen LogP contribution in [-0.2, 0) is 9.57 Å². The third-order valence-corrected chi connectivity index (χ3v) is 3.56. The van der Waals surface area contributed by atoms with Gasteiger partial charge in [-0.3, -0.25) is 0 Å². The largest absolute Gasteiger partial charge is 0.457 e. The fourth-order valence-corrected chi connectivity index (χ4v) is 2.35. The van der Waals surface area contributed by atoms with Crippen LogP contribution < -0.4 is 0 Å². The van der Waals surface area contributed by atoms with Crippen molar-refractivity contribution in [2.45, 2.75) is 19.6 Å². The molecule has 0 fully saturated rings. The fourth-order valence-electron chi connectivity index (χ4n) is 2.35. The maximum absolute atomic E-state index is 11.8. The summed E-state index contributed by atoms with van der Waals surface area (Å²) in [4.78, 5) is 16.6. The minimum absolute atomic E-state index is 0.0877.